The number of hydrogen-bond donors (Lipinski definition) is 7. The first-order chi connectivity index (χ1) is 43.0. The van der Waals surface area contributed by atoms with Crippen molar-refractivity contribution in [3.05, 3.63) is 125 Å². The van der Waals surface area contributed by atoms with Crippen LogP contribution in [0.15, 0.2) is 97.1 Å². The lowest BCUT2D eigenvalue weighted by Gasteiger charge is -2.27. The average Bonchev–Trinajstić information content (AvgIpc) is 1.63. The van der Waals surface area contributed by atoms with Gasteiger partial charge >= 0.3 is 5.97 Å². The topological polar surface area (TPSA) is 318 Å². The monoisotopic (exact) mass is 1240 g/mol. The maximum absolute atomic E-state index is 14.6. The number of aliphatic hydroxyl groups excluding tert-OH is 2. The Hall–Kier alpha value is -8.43. The summed E-state index contributed by atoms with van der Waals surface area (Å²) in [6.45, 7) is 7.80. The number of nitrogens with one attached hydrogen (secondary N) is 4. The van der Waals surface area contributed by atoms with E-state index in [4.69, 9.17) is 38.3 Å². The van der Waals surface area contributed by atoms with Gasteiger partial charge in [0.2, 0.25) is 17.7 Å². The van der Waals surface area contributed by atoms with E-state index in [0.717, 1.165) is 10.5 Å². The first-order valence-corrected chi connectivity index (χ1v) is 29.6. The Bertz CT molecular complexity index is 3200. The zero-order valence-electron chi connectivity index (χ0n) is 49.8. The van der Waals surface area contributed by atoms with Crippen LogP contribution < -0.4 is 30.7 Å². The summed E-state index contributed by atoms with van der Waals surface area (Å²) in [6, 6.07) is 25.5. The van der Waals surface area contributed by atoms with E-state index in [9.17, 15) is 53.0 Å². The number of imide groups is 2. The van der Waals surface area contributed by atoms with E-state index in [1.165, 1.54) is 30.3 Å². The zero-order chi connectivity index (χ0) is 63.7. The van der Waals surface area contributed by atoms with Crippen molar-refractivity contribution in [1.82, 2.24) is 25.4 Å². The van der Waals surface area contributed by atoms with Crippen molar-refractivity contribution in [3.8, 4) is 33.9 Å². The van der Waals surface area contributed by atoms with E-state index in [0.29, 0.717) is 105 Å². The number of hydrogen-bond acceptors (Lipinski definition) is 17. The van der Waals surface area contributed by atoms with Crippen LogP contribution in [0.4, 0.5) is 10.1 Å². The molecule has 89 heavy (non-hydrogen) atoms. The highest BCUT2D eigenvalue weighted by Gasteiger charge is 2.46. The van der Waals surface area contributed by atoms with Crippen molar-refractivity contribution in [2.24, 2.45) is 0 Å². The summed E-state index contributed by atoms with van der Waals surface area (Å²) in [5.41, 5.74) is 4.20. The number of piperidine rings is 1. The summed E-state index contributed by atoms with van der Waals surface area (Å²) in [5.74, 6) is -5.02. The molecular formula is C64H77FN6O18. The highest BCUT2D eigenvalue weighted by atomic mass is 19.1. The van der Waals surface area contributed by atoms with Crippen molar-refractivity contribution in [2.75, 3.05) is 97.7 Å². The number of nitrogens with zero attached hydrogens (tertiary/aromatic N) is 2. The van der Waals surface area contributed by atoms with Gasteiger partial charge < -0.3 is 69.0 Å². The van der Waals surface area contributed by atoms with Gasteiger partial charge in [0.1, 0.15) is 30.0 Å². The summed E-state index contributed by atoms with van der Waals surface area (Å²) in [6.07, 6.45) is -2.30. The molecular weight excluding hydrogens is 1160 g/mol. The molecule has 1 aromatic heterocycles. The van der Waals surface area contributed by atoms with Gasteiger partial charge in [-0.15, -0.1) is 0 Å². The quantitative estimate of drug-likeness (QED) is 0.0195. The molecule has 2 aliphatic rings. The fourth-order valence-corrected chi connectivity index (χ4v) is 10.1. The number of amides is 7. The Kier molecular flexibility index (Phi) is 26.7. The number of aromatic nitrogens is 1. The molecule has 1 saturated heterocycles. The number of halogens is 1. The normalized spacial score (nSPS) is 14.5. The number of anilines is 1. The number of aliphatic hydroxyl groups is 2. The Morgan fingerprint density at radius 1 is 0.674 bits per heavy atom. The molecule has 24 nitrogen and oxygen atoms in total. The van der Waals surface area contributed by atoms with Gasteiger partial charge in [0.05, 0.1) is 107 Å². The number of aliphatic carboxylic acids is 1. The van der Waals surface area contributed by atoms with Gasteiger partial charge in [-0.05, 0) is 103 Å². The summed E-state index contributed by atoms with van der Waals surface area (Å²) >= 11 is 0. The molecule has 0 bridgehead atoms. The second-order valence-corrected chi connectivity index (χ2v) is 21.2. The van der Waals surface area contributed by atoms with Gasteiger partial charge in [0.25, 0.3) is 23.6 Å². The SMILES string of the molecule is CC(C)c1c(C(=O)Nc2ccc(OCCOCCOCCOCCOCCOCCNC(=O)CCCNC(=O)COc3cccc4c3C(=O)N(C3CCC(=O)NC3=O)C4=O)cc2)c(-c2ccccc2)c(-c2ccc(F)cc2)n1CCC(O)CC(O)CC(=O)O. The highest BCUT2D eigenvalue weighted by Crippen LogP contribution is 2.43. The van der Waals surface area contributed by atoms with Crippen LogP contribution in [0.5, 0.6) is 11.5 Å². The van der Waals surface area contributed by atoms with E-state index >= 15 is 0 Å². The summed E-state index contributed by atoms with van der Waals surface area (Å²) < 4.78 is 55.5. The molecule has 0 spiro atoms. The molecule has 3 heterocycles. The molecule has 25 heteroatoms. The predicted molar refractivity (Wildman–Crippen MR) is 321 cm³/mol. The van der Waals surface area contributed by atoms with Gasteiger partial charge in [0.15, 0.2) is 6.61 Å². The lowest BCUT2D eigenvalue weighted by molar-refractivity contribution is -0.140. The summed E-state index contributed by atoms with van der Waals surface area (Å²) in [5, 5.41) is 40.9. The largest absolute Gasteiger partial charge is 0.491 e. The van der Waals surface area contributed by atoms with Crippen LogP contribution >= 0.6 is 0 Å². The molecule has 7 N–H and O–H groups in total. The zero-order valence-corrected chi connectivity index (χ0v) is 49.8. The fraction of sp³-hybridized carbons (Fsp3) is 0.438. The molecule has 478 valence electrons. The van der Waals surface area contributed by atoms with Crippen LogP contribution in [0.3, 0.4) is 0 Å². The van der Waals surface area contributed by atoms with Crippen LogP contribution in [-0.4, -0.2) is 183 Å². The molecule has 5 aromatic rings. The number of carbonyl (C=O) groups excluding carboxylic acids is 7. The molecule has 4 aromatic carbocycles. The third kappa shape index (κ3) is 20.3. The summed E-state index contributed by atoms with van der Waals surface area (Å²) in [4.78, 5) is 102. The van der Waals surface area contributed by atoms with Crippen molar-refractivity contribution in [3.63, 3.8) is 0 Å². The first-order valence-electron chi connectivity index (χ1n) is 29.6. The maximum atomic E-state index is 14.6. The average molecular weight is 1240 g/mol. The minimum absolute atomic E-state index is 0.00361. The maximum Gasteiger partial charge on any atom is 0.305 e. The van der Waals surface area contributed by atoms with Gasteiger partial charge in [-0.25, -0.2) is 4.39 Å². The van der Waals surface area contributed by atoms with Gasteiger partial charge in [0, 0.05) is 49.4 Å². The molecule has 7 rings (SSSR count). The lowest BCUT2D eigenvalue weighted by atomic mass is 9.94. The van der Waals surface area contributed by atoms with Gasteiger partial charge in [-0.2, -0.15) is 0 Å². The van der Waals surface area contributed by atoms with E-state index < -0.39 is 72.6 Å². The lowest BCUT2D eigenvalue weighted by Crippen LogP contribution is -2.54. The predicted octanol–water partition coefficient (Wildman–Crippen LogP) is 5.27. The van der Waals surface area contributed by atoms with E-state index in [1.54, 1.807) is 36.4 Å². The van der Waals surface area contributed by atoms with Crippen molar-refractivity contribution < 1.29 is 91.2 Å². The summed E-state index contributed by atoms with van der Waals surface area (Å²) in [7, 11) is 0. The molecule has 0 aliphatic carbocycles. The minimum Gasteiger partial charge on any atom is -0.491 e. The minimum atomic E-state index is -1.24. The second-order valence-electron chi connectivity index (χ2n) is 21.2. The third-order valence-electron chi connectivity index (χ3n) is 14.3. The number of carboxylic acid groups (broad SMARTS) is 1. The molecule has 1 fully saturated rings. The molecule has 7 amide bonds. The third-order valence-corrected chi connectivity index (χ3v) is 14.3. The number of benzene rings is 4. The van der Waals surface area contributed by atoms with Crippen molar-refractivity contribution in [1.29, 1.82) is 0 Å². The van der Waals surface area contributed by atoms with E-state index in [-0.39, 0.29) is 99.6 Å². The number of carbonyl (C=O) groups is 8. The van der Waals surface area contributed by atoms with Crippen molar-refractivity contribution >= 4 is 53.0 Å². The number of fused-ring (bicyclic) bond motifs is 1. The Balaban J connectivity index is 0.700. The highest BCUT2D eigenvalue weighted by molar-refractivity contribution is 6.24. The number of rotatable bonds is 39. The van der Waals surface area contributed by atoms with Crippen LogP contribution in [0.1, 0.15) is 101 Å². The smallest absolute Gasteiger partial charge is 0.305 e. The van der Waals surface area contributed by atoms with E-state index in [2.05, 4.69) is 21.3 Å². The number of carboxylic acids is 1. The van der Waals surface area contributed by atoms with Gasteiger partial charge in [-0.1, -0.05) is 50.2 Å². The Morgan fingerprint density at radius 2 is 1.30 bits per heavy atom. The second kappa shape index (κ2) is 34.9. The standard InChI is InChI=1S/C64H77FN6O18/c1-41(2)59-58(56(42-8-4-3-5-9-42)60(43-13-15-44(65)16-14-43)70(59)26-23-46(72)38-47(73)39-55(77)78)62(80)68-45-17-19-48(20-18-45)88-37-36-87-35-34-86-33-32-85-31-30-84-29-28-83-27-25-67-52(74)12-7-24-66-54(76)40-89-51-11-6-10-49-57(51)64(82)71(63(49)81)50-21-22-53(75)69-61(50)79/h3-6,8-11,13-20,41,46-47,50,72-73H,7,12,21-40H2,1-2H3,(H,66,76)(H,67,74)(H,68,80)(H,77,78)(H,69,75,79). The van der Waals surface area contributed by atoms with Crippen LogP contribution in [0, 0.1) is 5.82 Å². The molecule has 0 saturated carbocycles. The molecule has 3 unspecified atom stereocenters. The molecule has 0 radical (unpaired) electrons. The fourth-order valence-electron chi connectivity index (χ4n) is 10.1. The Morgan fingerprint density at radius 3 is 1.93 bits per heavy atom. The number of ether oxygens (including phenoxy) is 7. The van der Waals surface area contributed by atoms with Crippen LogP contribution in [-0.2, 0) is 54.2 Å². The molecule has 3 atom stereocenters. The van der Waals surface area contributed by atoms with Gasteiger partial charge in [-0.3, -0.25) is 48.6 Å². The van der Waals surface area contributed by atoms with E-state index in [1.807, 2.05) is 48.7 Å². The first kappa shape index (κ1) is 68.1. The van der Waals surface area contributed by atoms with Crippen LogP contribution in [0.25, 0.3) is 22.4 Å². The van der Waals surface area contributed by atoms with Crippen LogP contribution in [0.2, 0.25) is 0 Å². The van der Waals surface area contributed by atoms with Crippen molar-refractivity contribution in [2.45, 2.75) is 89.5 Å². The molecule has 2 aliphatic heterocycles. The Labute approximate surface area is 514 Å².